The second-order valence-electron chi connectivity index (χ2n) is 5.02. The Kier molecular flexibility index (Phi) is 2.93. The maximum absolute atomic E-state index is 5.89. The molecule has 0 amide bonds. The number of hydrogen-bond donors (Lipinski definition) is 0. The molecule has 0 bridgehead atoms. The quantitative estimate of drug-likeness (QED) is 0.710. The Bertz CT molecular complexity index is 804. The van der Waals surface area contributed by atoms with Gasteiger partial charge in [0.15, 0.2) is 0 Å². The summed E-state index contributed by atoms with van der Waals surface area (Å²) in [5.41, 5.74) is 3.02. The molecule has 4 rings (SSSR count). The van der Waals surface area contributed by atoms with Gasteiger partial charge in [-0.2, -0.15) is 0 Å². The maximum Gasteiger partial charge on any atom is 0.238 e. The van der Waals surface area contributed by atoms with Crippen molar-refractivity contribution >= 4 is 16.9 Å². The summed E-state index contributed by atoms with van der Waals surface area (Å²) in [5, 5.41) is 0.924. The van der Waals surface area contributed by atoms with Crippen LogP contribution < -0.4 is 0 Å². The van der Waals surface area contributed by atoms with Crippen LogP contribution in [-0.2, 0) is 6.42 Å². The molecule has 0 unspecified atom stereocenters. The Labute approximate surface area is 126 Å². The van der Waals surface area contributed by atoms with Gasteiger partial charge in [-0.05, 0) is 30.5 Å². The molecule has 0 radical (unpaired) electrons. The first-order valence-corrected chi connectivity index (χ1v) is 7.67. The molecule has 21 heavy (non-hydrogen) atoms. The molecule has 0 aliphatic heterocycles. The van der Waals surface area contributed by atoms with Gasteiger partial charge in [0, 0.05) is 24.4 Å². The van der Waals surface area contributed by atoms with Crippen LogP contribution in [0.1, 0.15) is 24.3 Å². The van der Waals surface area contributed by atoms with Gasteiger partial charge < -0.3 is 4.42 Å². The minimum atomic E-state index is 0.649. The number of allylic oxidation sites excluding steroid dienone is 1. The predicted octanol–water partition coefficient (Wildman–Crippen LogP) is 4.21. The summed E-state index contributed by atoms with van der Waals surface area (Å²) in [6.07, 6.45) is 8.41. The van der Waals surface area contributed by atoms with Gasteiger partial charge in [-0.3, -0.25) is 4.98 Å². The zero-order chi connectivity index (χ0) is 14.2. The lowest BCUT2D eigenvalue weighted by atomic mass is 9.98. The van der Waals surface area contributed by atoms with Gasteiger partial charge in [-0.15, -0.1) is 11.3 Å². The van der Waals surface area contributed by atoms with Crippen molar-refractivity contribution in [2.75, 3.05) is 0 Å². The molecule has 0 saturated heterocycles. The molecule has 0 fully saturated rings. The molecule has 1 aliphatic carbocycles. The van der Waals surface area contributed by atoms with Crippen LogP contribution in [0, 0.1) is 0 Å². The molecule has 5 heteroatoms. The number of pyridine rings is 1. The predicted molar refractivity (Wildman–Crippen MR) is 82.8 cm³/mol. The normalized spacial score (nSPS) is 14.2. The van der Waals surface area contributed by atoms with E-state index < -0.39 is 0 Å². The minimum Gasteiger partial charge on any atom is -0.440 e. The first-order valence-electron chi connectivity index (χ1n) is 6.86. The van der Waals surface area contributed by atoms with Crippen LogP contribution in [0.4, 0.5) is 0 Å². The standard InChI is InChI=1S/C16H13N3OS/c1-10-4-2-6-12-14(10)19-15(20-12)13-9-18-16(21-13)11-5-3-7-17-8-11/h3,5,7-9H,1-2,4,6H2. The van der Waals surface area contributed by atoms with E-state index in [2.05, 4.69) is 21.5 Å². The molecule has 3 aromatic heterocycles. The van der Waals surface area contributed by atoms with E-state index >= 15 is 0 Å². The summed E-state index contributed by atoms with van der Waals surface area (Å²) < 4.78 is 5.89. The first kappa shape index (κ1) is 12.5. The Morgan fingerprint density at radius 1 is 1.24 bits per heavy atom. The van der Waals surface area contributed by atoms with Crippen LogP contribution in [0.5, 0.6) is 0 Å². The average Bonchev–Trinajstić information content (AvgIpc) is 3.15. The Morgan fingerprint density at radius 2 is 2.19 bits per heavy atom. The third-order valence-electron chi connectivity index (χ3n) is 3.54. The van der Waals surface area contributed by atoms with Crippen molar-refractivity contribution in [2.24, 2.45) is 0 Å². The van der Waals surface area contributed by atoms with Gasteiger partial charge in [-0.25, -0.2) is 9.97 Å². The molecule has 3 aromatic rings. The highest BCUT2D eigenvalue weighted by molar-refractivity contribution is 7.18. The fourth-order valence-corrected chi connectivity index (χ4v) is 3.31. The summed E-state index contributed by atoms with van der Waals surface area (Å²) in [6, 6.07) is 3.91. The smallest absolute Gasteiger partial charge is 0.238 e. The summed E-state index contributed by atoms with van der Waals surface area (Å²) in [7, 11) is 0. The number of fused-ring (bicyclic) bond motifs is 1. The van der Waals surface area contributed by atoms with Crippen molar-refractivity contribution in [2.45, 2.75) is 19.3 Å². The van der Waals surface area contributed by atoms with E-state index in [1.807, 2.05) is 24.5 Å². The van der Waals surface area contributed by atoms with E-state index in [4.69, 9.17) is 4.42 Å². The third kappa shape index (κ3) is 2.19. The Hall–Kier alpha value is -2.27. The average molecular weight is 295 g/mol. The highest BCUT2D eigenvalue weighted by atomic mass is 32.1. The van der Waals surface area contributed by atoms with Gasteiger partial charge in [0.1, 0.15) is 21.3 Å². The third-order valence-corrected chi connectivity index (χ3v) is 4.57. The lowest BCUT2D eigenvalue weighted by Gasteiger charge is -2.09. The van der Waals surface area contributed by atoms with Crippen LogP contribution in [0.2, 0.25) is 0 Å². The van der Waals surface area contributed by atoms with E-state index in [1.165, 1.54) is 0 Å². The summed E-state index contributed by atoms with van der Waals surface area (Å²) in [5.74, 6) is 1.60. The van der Waals surface area contributed by atoms with Crippen LogP contribution in [0.25, 0.3) is 26.9 Å². The van der Waals surface area contributed by atoms with Gasteiger partial charge in [0.25, 0.3) is 0 Å². The van der Waals surface area contributed by atoms with Gasteiger partial charge >= 0.3 is 0 Å². The van der Waals surface area contributed by atoms with Crippen molar-refractivity contribution < 1.29 is 4.42 Å². The highest BCUT2D eigenvalue weighted by Crippen LogP contribution is 2.36. The second kappa shape index (κ2) is 4.93. The zero-order valence-corrected chi connectivity index (χ0v) is 12.2. The van der Waals surface area contributed by atoms with E-state index in [9.17, 15) is 0 Å². The molecular weight excluding hydrogens is 282 g/mol. The fraction of sp³-hybridized carbons (Fsp3) is 0.188. The van der Waals surface area contributed by atoms with Crippen molar-refractivity contribution in [1.29, 1.82) is 0 Å². The molecule has 0 saturated carbocycles. The van der Waals surface area contributed by atoms with E-state index in [0.717, 1.165) is 51.7 Å². The maximum atomic E-state index is 5.89. The van der Waals surface area contributed by atoms with Crippen LogP contribution >= 0.6 is 11.3 Å². The number of hydrogen-bond acceptors (Lipinski definition) is 5. The number of thiazole rings is 1. The fourth-order valence-electron chi connectivity index (χ4n) is 2.48. The molecule has 3 heterocycles. The molecular formula is C16H13N3OS. The Morgan fingerprint density at radius 3 is 3.00 bits per heavy atom. The highest BCUT2D eigenvalue weighted by Gasteiger charge is 2.21. The first-order chi connectivity index (χ1) is 10.3. The summed E-state index contributed by atoms with van der Waals surface area (Å²) in [6.45, 7) is 4.07. The monoisotopic (exact) mass is 295 g/mol. The Balaban J connectivity index is 1.72. The topological polar surface area (TPSA) is 51.8 Å². The molecule has 0 atom stereocenters. The lowest BCUT2D eigenvalue weighted by Crippen LogP contribution is -1.98. The number of oxazole rings is 1. The molecule has 1 aliphatic rings. The van der Waals surface area contributed by atoms with Crippen LogP contribution in [0.15, 0.2) is 41.7 Å². The van der Waals surface area contributed by atoms with Crippen LogP contribution in [-0.4, -0.2) is 15.0 Å². The number of aromatic nitrogens is 3. The number of rotatable bonds is 2. The molecule has 0 aromatic carbocycles. The molecule has 0 spiro atoms. The van der Waals surface area contributed by atoms with E-state index in [-0.39, 0.29) is 0 Å². The van der Waals surface area contributed by atoms with Crippen molar-refractivity contribution in [3.05, 3.63) is 48.8 Å². The SMILES string of the molecule is C=C1CCCc2oc(-c3cnc(-c4cccnc4)s3)nc21. The van der Waals surface area contributed by atoms with E-state index in [0.29, 0.717) is 5.89 Å². The second-order valence-corrected chi connectivity index (χ2v) is 6.05. The zero-order valence-electron chi connectivity index (χ0n) is 11.4. The van der Waals surface area contributed by atoms with Crippen molar-refractivity contribution in [1.82, 2.24) is 15.0 Å². The summed E-state index contributed by atoms with van der Waals surface area (Å²) in [4.78, 5) is 14.1. The van der Waals surface area contributed by atoms with Gasteiger partial charge in [0.2, 0.25) is 5.89 Å². The lowest BCUT2D eigenvalue weighted by molar-refractivity contribution is 0.507. The molecule has 4 nitrogen and oxygen atoms in total. The summed E-state index contributed by atoms with van der Waals surface area (Å²) >= 11 is 1.57. The molecule has 0 N–H and O–H groups in total. The molecule has 104 valence electrons. The van der Waals surface area contributed by atoms with E-state index in [1.54, 1.807) is 17.5 Å². The van der Waals surface area contributed by atoms with Gasteiger partial charge in [-0.1, -0.05) is 6.58 Å². The van der Waals surface area contributed by atoms with Gasteiger partial charge in [0.05, 0.1) is 6.20 Å². The van der Waals surface area contributed by atoms with Crippen molar-refractivity contribution in [3.63, 3.8) is 0 Å². The largest absolute Gasteiger partial charge is 0.440 e. The van der Waals surface area contributed by atoms with Crippen LogP contribution in [0.3, 0.4) is 0 Å². The number of nitrogens with zero attached hydrogens (tertiary/aromatic N) is 3. The van der Waals surface area contributed by atoms with Crippen molar-refractivity contribution in [3.8, 4) is 21.3 Å². The number of aryl methyl sites for hydroxylation is 1. The minimum absolute atomic E-state index is 0.649.